The van der Waals surface area contributed by atoms with Crippen LogP contribution in [-0.2, 0) is 4.79 Å². The lowest BCUT2D eigenvalue weighted by atomic mass is 10.0. The van der Waals surface area contributed by atoms with E-state index in [-0.39, 0.29) is 24.3 Å². The molecule has 0 saturated carbocycles. The first-order valence-electron chi connectivity index (χ1n) is 11.1. The van der Waals surface area contributed by atoms with Crippen LogP contribution in [0.25, 0.3) is 0 Å². The quantitative estimate of drug-likeness (QED) is 0.669. The molecule has 2 heterocycles. The van der Waals surface area contributed by atoms with E-state index in [1.54, 1.807) is 32.4 Å². The normalized spacial score (nSPS) is 21.0. The van der Waals surface area contributed by atoms with E-state index in [0.717, 1.165) is 24.2 Å². The average Bonchev–Trinajstić information content (AvgIpc) is 3.37. The number of carbonyl (C=O) groups is 2. The second kappa shape index (κ2) is 9.61. The number of likely N-dealkylation sites (tertiary alicyclic amines) is 2. The third kappa shape index (κ3) is 4.80. The van der Waals surface area contributed by atoms with Crippen molar-refractivity contribution in [3.05, 3.63) is 58.1 Å². The van der Waals surface area contributed by atoms with Crippen molar-refractivity contribution >= 4 is 23.4 Å². The van der Waals surface area contributed by atoms with Gasteiger partial charge in [-0.05, 0) is 54.2 Å². The molecule has 0 spiro atoms. The Morgan fingerprint density at radius 1 is 1.06 bits per heavy atom. The Morgan fingerprint density at radius 2 is 1.76 bits per heavy atom. The molecular formula is C25H30ClN3O4. The number of benzene rings is 2. The number of carbonyl (C=O) groups excluding carboxylic acids is 2. The fraction of sp³-hybridized carbons (Fsp3) is 0.440. The van der Waals surface area contributed by atoms with Gasteiger partial charge in [0.05, 0.1) is 19.8 Å². The maximum Gasteiger partial charge on any atom is 0.257 e. The molecule has 33 heavy (non-hydrogen) atoms. The molecular weight excluding hydrogens is 442 g/mol. The molecule has 0 bridgehead atoms. The van der Waals surface area contributed by atoms with Crippen molar-refractivity contribution in [2.75, 3.05) is 40.4 Å². The highest BCUT2D eigenvalue weighted by Gasteiger charge is 2.44. The van der Waals surface area contributed by atoms with Gasteiger partial charge in [0.25, 0.3) is 5.91 Å². The molecule has 7 nitrogen and oxygen atoms in total. The third-order valence-corrected chi connectivity index (χ3v) is 7.26. The molecule has 2 aliphatic rings. The van der Waals surface area contributed by atoms with Gasteiger partial charge in [0.2, 0.25) is 5.91 Å². The first-order valence-corrected chi connectivity index (χ1v) is 11.5. The number of rotatable bonds is 7. The number of ether oxygens (including phenoxy) is 2. The maximum atomic E-state index is 13.3. The molecule has 3 atom stereocenters. The highest BCUT2D eigenvalue weighted by atomic mass is 35.5. The van der Waals surface area contributed by atoms with Crippen molar-refractivity contribution in [2.45, 2.75) is 19.4 Å². The molecule has 2 N–H and O–H groups in total. The summed E-state index contributed by atoms with van der Waals surface area (Å²) in [5, 5.41) is 0.686. The summed E-state index contributed by atoms with van der Waals surface area (Å²) < 4.78 is 10.7. The van der Waals surface area contributed by atoms with E-state index in [4.69, 9.17) is 26.8 Å². The first-order chi connectivity index (χ1) is 15.8. The summed E-state index contributed by atoms with van der Waals surface area (Å²) in [4.78, 5) is 29.3. The SMILES string of the molecule is COc1ccc(OC)c(C(=O)N2CC3CN(C(CC(N)=O)c4ccc(C)c(Cl)c4)CC3C2)c1. The van der Waals surface area contributed by atoms with Crippen LogP contribution in [0.1, 0.15) is 33.9 Å². The van der Waals surface area contributed by atoms with Crippen LogP contribution in [0.5, 0.6) is 11.5 Å². The average molecular weight is 472 g/mol. The zero-order chi connectivity index (χ0) is 23.7. The lowest BCUT2D eigenvalue weighted by Crippen LogP contribution is -2.36. The molecule has 3 unspecified atom stereocenters. The summed E-state index contributed by atoms with van der Waals surface area (Å²) in [5.74, 6) is 1.44. The summed E-state index contributed by atoms with van der Waals surface area (Å²) in [6.45, 7) is 4.88. The minimum absolute atomic E-state index is 0.0503. The van der Waals surface area contributed by atoms with Gasteiger partial charge in [-0.3, -0.25) is 14.5 Å². The van der Waals surface area contributed by atoms with E-state index in [9.17, 15) is 9.59 Å². The number of hydrogen-bond acceptors (Lipinski definition) is 5. The Hall–Kier alpha value is -2.77. The number of nitrogens with two attached hydrogens (primary N) is 1. The van der Waals surface area contributed by atoms with Gasteiger partial charge in [0.1, 0.15) is 11.5 Å². The van der Waals surface area contributed by atoms with Crippen molar-refractivity contribution in [1.82, 2.24) is 9.80 Å². The Kier molecular flexibility index (Phi) is 6.81. The van der Waals surface area contributed by atoms with E-state index >= 15 is 0 Å². The Morgan fingerprint density at radius 3 is 2.33 bits per heavy atom. The molecule has 2 saturated heterocycles. The minimum Gasteiger partial charge on any atom is -0.497 e. The maximum absolute atomic E-state index is 13.3. The van der Waals surface area contributed by atoms with E-state index in [1.165, 1.54) is 0 Å². The number of nitrogens with zero attached hydrogens (tertiary/aromatic N) is 2. The summed E-state index contributed by atoms with van der Waals surface area (Å²) in [5.41, 5.74) is 8.09. The summed E-state index contributed by atoms with van der Waals surface area (Å²) in [6.07, 6.45) is 0.239. The number of methoxy groups -OCH3 is 2. The Bertz CT molecular complexity index is 1050. The van der Waals surface area contributed by atoms with Crippen LogP contribution in [-0.4, -0.2) is 62.0 Å². The number of halogens is 1. The van der Waals surface area contributed by atoms with Crippen molar-refractivity contribution < 1.29 is 19.1 Å². The molecule has 0 radical (unpaired) electrons. The van der Waals surface area contributed by atoms with Gasteiger partial charge >= 0.3 is 0 Å². The second-order valence-electron chi connectivity index (χ2n) is 8.95. The van der Waals surface area contributed by atoms with Crippen molar-refractivity contribution in [3.63, 3.8) is 0 Å². The molecule has 0 aliphatic carbocycles. The Labute approximate surface area is 199 Å². The molecule has 8 heteroatoms. The fourth-order valence-corrected chi connectivity index (χ4v) is 5.25. The number of amides is 2. The fourth-order valence-electron chi connectivity index (χ4n) is 5.07. The lowest BCUT2D eigenvalue weighted by Gasteiger charge is -2.29. The molecule has 176 valence electrons. The lowest BCUT2D eigenvalue weighted by molar-refractivity contribution is -0.119. The van der Waals surface area contributed by atoms with Crippen LogP contribution < -0.4 is 15.2 Å². The number of fused-ring (bicyclic) bond motifs is 1. The molecule has 0 aromatic heterocycles. The van der Waals surface area contributed by atoms with Gasteiger partial charge < -0.3 is 20.1 Å². The van der Waals surface area contributed by atoms with Crippen LogP contribution in [0.3, 0.4) is 0 Å². The molecule has 2 aromatic rings. The molecule has 2 aliphatic heterocycles. The monoisotopic (exact) mass is 471 g/mol. The highest BCUT2D eigenvalue weighted by Crippen LogP contribution is 2.39. The minimum atomic E-state index is -0.337. The number of hydrogen-bond donors (Lipinski definition) is 1. The van der Waals surface area contributed by atoms with Crippen LogP contribution in [0.4, 0.5) is 0 Å². The zero-order valence-electron chi connectivity index (χ0n) is 19.2. The smallest absolute Gasteiger partial charge is 0.257 e. The van der Waals surface area contributed by atoms with Gasteiger partial charge in [0.15, 0.2) is 0 Å². The van der Waals surface area contributed by atoms with Gasteiger partial charge in [-0.2, -0.15) is 0 Å². The van der Waals surface area contributed by atoms with Gasteiger partial charge in [0, 0.05) is 43.7 Å². The van der Waals surface area contributed by atoms with Crippen LogP contribution in [0.15, 0.2) is 36.4 Å². The third-order valence-electron chi connectivity index (χ3n) is 6.85. The molecule has 2 amide bonds. The predicted octanol–water partition coefficient (Wildman–Crippen LogP) is 3.29. The summed E-state index contributed by atoms with van der Waals surface area (Å²) >= 11 is 6.36. The van der Waals surface area contributed by atoms with Gasteiger partial charge in [-0.25, -0.2) is 0 Å². The van der Waals surface area contributed by atoms with E-state index in [2.05, 4.69) is 4.90 Å². The standard InChI is InChI=1S/C25H30ClN3O4/c1-15-4-5-16(8-21(15)26)22(10-24(27)30)28-11-17-13-29(14-18(17)12-28)25(31)20-9-19(32-2)6-7-23(20)33-3/h4-9,17-18,22H,10-14H2,1-3H3,(H2,27,30). The van der Waals surface area contributed by atoms with Crippen LogP contribution in [0, 0.1) is 18.8 Å². The van der Waals surface area contributed by atoms with Crippen molar-refractivity contribution in [2.24, 2.45) is 17.6 Å². The van der Waals surface area contributed by atoms with Crippen molar-refractivity contribution in [3.8, 4) is 11.5 Å². The van der Waals surface area contributed by atoms with E-state index in [1.807, 2.05) is 30.0 Å². The van der Waals surface area contributed by atoms with Gasteiger partial charge in [-0.15, -0.1) is 0 Å². The molecule has 2 fully saturated rings. The predicted molar refractivity (Wildman–Crippen MR) is 127 cm³/mol. The number of aryl methyl sites for hydroxylation is 1. The topological polar surface area (TPSA) is 85.1 Å². The molecule has 4 rings (SSSR count). The summed E-state index contributed by atoms with van der Waals surface area (Å²) in [7, 11) is 3.14. The first kappa shape index (κ1) is 23.4. The van der Waals surface area contributed by atoms with E-state index in [0.29, 0.717) is 47.0 Å². The molecule has 2 aromatic carbocycles. The largest absolute Gasteiger partial charge is 0.497 e. The van der Waals surface area contributed by atoms with Crippen LogP contribution in [0.2, 0.25) is 5.02 Å². The second-order valence-corrected chi connectivity index (χ2v) is 9.35. The summed E-state index contributed by atoms with van der Waals surface area (Å²) in [6, 6.07) is 11.1. The van der Waals surface area contributed by atoms with Gasteiger partial charge in [-0.1, -0.05) is 23.7 Å². The van der Waals surface area contributed by atoms with Crippen LogP contribution >= 0.6 is 11.6 Å². The number of primary amides is 1. The zero-order valence-corrected chi connectivity index (χ0v) is 20.0. The van der Waals surface area contributed by atoms with Crippen molar-refractivity contribution in [1.29, 1.82) is 0 Å². The highest BCUT2D eigenvalue weighted by molar-refractivity contribution is 6.31. The van der Waals surface area contributed by atoms with E-state index < -0.39 is 0 Å². The Balaban J connectivity index is 1.48.